The van der Waals surface area contributed by atoms with E-state index in [9.17, 15) is 4.79 Å². The maximum atomic E-state index is 11.8. The first kappa shape index (κ1) is 16.2. The summed E-state index contributed by atoms with van der Waals surface area (Å²) in [5, 5.41) is 7.49. The van der Waals surface area contributed by atoms with E-state index in [-0.39, 0.29) is 11.4 Å². The number of amides is 1. The van der Waals surface area contributed by atoms with Gasteiger partial charge in [-0.15, -0.1) is 0 Å². The van der Waals surface area contributed by atoms with E-state index in [0.29, 0.717) is 11.5 Å². The maximum Gasteiger partial charge on any atom is 0.227 e. The molecule has 23 heavy (non-hydrogen) atoms. The highest BCUT2D eigenvalue weighted by Crippen LogP contribution is 2.32. The van der Waals surface area contributed by atoms with E-state index in [1.54, 1.807) is 0 Å². The van der Waals surface area contributed by atoms with Gasteiger partial charge in [-0.1, -0.05) is 19.8 Å². The molecule has 2 fully saturated rings. The average Bonchev–Trinajstić information content (AvgIpc) is 3.18. The van der Waals surface area contributed by atoms with Crippen molar-refractivity contribution >= 4 is 34.6 Å². The van der Waals surface area contributed by atoms with E-state index < -0.39 is 0 Å². The highest BCUT2D eigenvalue weighted by molar-refractivity contribution is 7.80. The highest BCUT2D eigenvalue weighted by Gasteiger charge is 2.32. The fourth-order valence-corrected chi connectivity index (χ4v) is 4.00. The fraction of sp³-hybridized carbons (Fsp3) is 0.556. The summed E-state index contributed by atoms with van der Waals surface area (Å²) >= 11 is 5.48. The van der Waals surface area contributed by atoms with Gasteiger partial charge >= 0.3 is 0 Å². The maximum absolute atomic E-state index is 11.8. The third-order valence-corrected chi connectivity index (χ3v) is 5.33. The molecule has 124 valence electrons. The Labute approximate surface area is 143 Å². The van der Waals surface area contributed by atoms with Crippen LogP contribution in [0.1, 0.15) is 51.9 Å². The third kappa shape index (κ3) is 3.66. The summed E-state index contributed by atoms with van der Waals surface area (Å²) in [5.41, 5.74) is 2.10. The van der Waals surface area contributed by atoms with Crippen LogP contribution in [0.25, 0.3) is 0 Å². The minimum absolute atomic E-state index is 0.173. The van der Waals surface area contributed by atoms with Crippen molar-refractivity contribution in [3.05, 3.63) is 24.3 Å². The molecule has 0 unspecified atom stereocenters. The van der Waals surface area contributed by atoms with Gasteiger partial charge < -0.3 is 15.5 Å². The lowest BCUT2D eigenvalue weighted by Crippen LogP contribution is -2.47. The molecule has 0 aromatic heterocycles. The normalized spacial score (nSPS) is 19.9. The van der Waals surface area contributed by atoms with Crippen LogP contribution in [-0.4, -0.2) is 23.1 Å². The summed E-state index contributed by atoms with van der Waals surface area (Å²) in [6.45, 7) is 3.05. The van der Waals surface area contributed by atoms with Gasteiger partial charge in [0.1, 0.15) is 0 Å². The van der Waals surface area contributed by atoms with Crippen molar-refractivity contribution in [2.45, 2.75) is 57.4 Å². The largest absolute Gasteiger partial charge is 0.357 e. The van der Waals surface area contributed by atoms with Crippen LogP contribution < -0.4 is 15.5 Å². The second-order valence-electron chi connectivity index (χ2n) is 6.62. The van der Waals surface area contributed by atoms with Crippen molar-refractivity contribution in [3.63, 3.8) is 0 Å². The van der Waals surface area contributed by atoms with Gasteiger partial charge in [0.25, 0.3) is 0 Å². The number of benzene rings is 1. The van der Waals surface area contributed by atoms with Crippen LogP contribution in [0.3, 0.4) is 0 Å². The summed E-state index contributed by atoms with van der Waals surface area (Å²) in [5.74, 6) is 0.217. The van der Waals surface area contributed by atoms with E-state index in [0.717, 1.165) is 30.8 Å². The van der Waals surface area contributed by atoms with E-state index in [2.05, 4.69) is 17.6 Å². The number of carbonyl (C=O) groups excluding carboxylic acids is 1. The Balaban J connectivity index is 1.59. The quantitative estimate of drug-likeness (QED) is 0.823. The second kappa shape index (κ2) is 6.87. The number of thiocarbonyl (C=S) groups is 1. The van der Waals surface area contributed by atoms with Gasteiger partial charge in [-0.25, -0.2) is 0 Å². The van der Waals surface area contributed by atoms with Gasteiger partial charge in [0, 0.05) is 29.9 Å². The van der Waals surface area contributed by atoms with Crippen molar-refractivity contribution in [1.29, 1.82) is 0 Å². The molecular formula is C18H25N3OS. The lowest BCUT2D eigenvalue weighted by molar-refractivity contribution is -0.117. The molecule has 5 heteroatoms. The Hall–Kier alpha value is -1.62. The number of rotatable bonds is 4. The highest BCUT2D eigenvalue weighted by atomic mass is 32.1. The molecule has 3 rings (SSSR count). The van der Waals surface area contributed by atoms with E-state index >= 15 is 0 Å². The van der Waals surface area contributed by atoms with Gasteiger partial charge in [-0.3, -0.25) is 4.79 Å². The smallest absolute Gasteiger partial charge is 0.227 e. The number of carbonyl (C=O) groups is 1. The second-order valence-corrected chi connectivity index (χ2v) is 7.02. The van der Waals surface area contributed by atoms with Crippen molar-refractivity contribution in [2.75, 3.05) is 16.8 Å². The average molecular weight is 331 g/mol. The molecule has 1 aliphatic carbocycles. The molecule has 4 nitrogen and oxygen atoms in total. The molecule has 1 saturated heterocycles. The van der Waals surface area contributed by atoms with Crippen molar-refractivity contribution in [2.24, 2.45) is 0 Å². The molecule has 0 atom stereocenters. The third-order valence-electron chi connectivity index (χ3n) is 5.13. The minimum atomic E-state index is 0.173. The first-order valence-electron chi connectivity index (χ1n) is 8.61. The Morgan fingerprint density at radius 3 is 2.48 bits per heavy atom. The molecule has 1 aromatic rings. The van der Waals surface area contributed by atoms with Crippen molar-refractivity contribution in [3.8, 4) is 0 Å². The van der Waals surface area contributed by atoms with Gasteiger partial charge in [0.2, 0.25) is 5.91 Å². The zero-order valence-corrected chi connectivity index (χ0v) is 14.5. The number of hydrogen-bond acceptors (Lipinski definition) is 2. The zero-order valence-electron chi connectivity index (χ0n) is 13.7. The summed E-state index contributed by atoms with van der Waals surface area (Å²) < 4.78 is 0. The molecule has 0 spiro atoms. The standard InChI is InChI=1S/C18H25N3OS/c1-2-18(11-3-4-12-18)20-17(23)19-14-7-9-15(10-8-14)21-13-5-6-16(21)22/h7-10H,2-6,11-13H2,1H3,(H2,19,20,23). The number of hydrogen-bond donors (Lipinski definition) is 2. The van der Waals surface area contributed by atoms with Gasteiger partial charge in [-0.2, -0.15) is 0 Å². The van der Waals surface area contributed by atoms with Gasteiger partial charge in [-0.05, 0) is 62.2 Å². The molecule has 0 radical (unpaired) electrons. The topological polar surface area (TPSA) is 44.4 Å². The lowest BCUT2D eigenvalue weighted by atomic mass is 9.95. The SMILES string of the molecule is CCC1(NC(=S)Nc2ccc(N3CCCC3=O)cc2)CCCC1. The lowest BCUT2D eigenvalue weighted by Gasteiger charge is -2.30. The van der Waals surface area contributed by atoms with E-state index in [1.807, 2.05) is 29.2 Å². The molecule has 0 bridgehead atoms. The van der Waals surface area contributed by atoms with Gasteiger partial charge in [0.05, 0.1) is 0 Å². The summed E-state index contributed by atoms with van der Waals surface area (Å²) in [6, 6.07) is 7.95. The first-order valence-corrected chi connectivity index (χ1v) is 9.02. The Morgan fingerprint density at radius 2 is 1.91 bits per heavy atom. The molecule has 2 aliphatic rings. The predicted octanol–water partition coefficient (Wildman–Crippen LogP) is 3.82. The van der Waals surface area contributed by atoms with Crippen LogP contribution in [-0.2, 0) is 4.79 Å². The Kier molecular flexibility index (Phi) is 4.85. The molecular weight excluding hydrogens is 306 g/mol. The number of anilines is 2. The van der Waals surface area contributed by atoms with Crippen LogP contribution in [0, 0.1) is 0 Å². The molecule has 1 aromatic carbocycles. The minimum Gasteiger partial charge on any atom is -0.357 e. The molecule has 2 N–H and O–H groups in total. The molecule has 1 saturated carbocycles. The monoisotopic (exact) mass is 331 g/mol. The van der Waals surface area contributed by atoms with Crippen LogP contribution in [0.5, 0.6) is 0 Å². The Bertz CT molecular complexity index is 578. The van der Waals surface area contributed by atoms with Crippen molar-refractivity contribution < 1.29 is 4.79 Å². The van der Waals surface area contributed by atoms with Crippen LogP contribution in [0.2, 0.25) is 0 Å². The zero-order chi connectivity index (χ0) is 16.3. The summed E-state index contributed by atoms with van der Waals surface area (Å²) in [6.07, 6.45) is 7.66. The Morgan fingerprint density at radius 1 is 1.22 bits per heavy atom. The molecule has 1 amide bonds. The first-order chi connectivity index (χ1) is 11.1. The predicted molar refractivity (Wildman–Crippen MR) is 98.9 cm³/mol. The van der Waals surface area contributed by atoms with Crippen LogP contribution in [0.4, 0.5) is 11.4 Å². The van der Waals surface area contributed by atoms with E-state index in [4.69, 9.17) is 12.2 Å². The molecule has 1 aliphatic heterocycles. The number of nitrogens with zero attached hydrogens (tertiary/aromatic N) is 1. The van der Waals surface area contributed by atoms with Crippen molar-refractivity contribution in [1.82, 2.24) is 5.32 Å². The molecule has 1 heterocycles. The van der Waals surface area contributed by atoms with Crippen LogP contribution >= 0.6 is 12.2 Å². The van der Waals surface area contributed by atoms with Crippen LogP contribution in [0.15, 0.2) is 24.3 Å². The van der Waals surface area contributed by atoms with Gasteiger partial charge in [0.15, 0.2) is 5.11 Å². The fourth-order valence-electron chi connectivity index (χ4n) is 3.67. The van der Waals surface area contributed by atoms with E-state index in [1.165, 1.54) is 25.7 Å². The number of nitrogens with one attached hydrogen (secondary N) is 2. The summed E-state index contributed by atoms with van der Waals surface area (Å²) in [7, 11) is 0. The summed E-state index contributed by atoms with van der Waals surface area (Å²) in [4.78, 5) is 13.6.